The first-order chi connectivity index (χ1) is 20.7. The molecule has 0 unspecified atom stereocenters. The van der Waals surface area contributed by atoms with Crippen molar-refractivity contribution < 1.29 is 32.0 Å². The van der Waals surface area contributed by atoms with E-state index >= 15 is 4.39 Å². The number of pyridine rings is 1. The third-order valence-electron chi connectivity index (χ3n) is 8.92. The number of benzene rings is 1. The average Bonchev–Trinajstić information content (AvgIpc) is 3.89. The van der Waals surface area contributed by atoms with Gasteiger partial charge in [-0.25, -0.2) is 12.8 Å². The molecule has 236 valence electrons. The SMILES string of the molecule is CC(C)C[C@H](CC(=O)[C@@H]1C[C@@H](S(=O)(=O)c2ccccc2Cl)CN1C(=O)C1(c2ncc(Cl)cc2F)CC1)C(=O)C(=O)CC1CC1. The van der Waals surface area contributed by atoms with Gasteiger partial charge in [0.15, 0.2) is 21.4 Å². The largest absolute Gasteiger partial charge is 0.330 e. The molecule has 0 bridgehead atoms. The van der Waals surface area contributed by atoms with E-state index in [0.29, 0.717) is 6.42 Å². The van der Waals surface area contributed by atoms with Gasteiger partial charge in [-0.1, -0.05) is 49.2 Å². The first kappa shape index (κ1) is 32.7. The number of hydrogen-bond acceptors (Lipinski definition) is 7. The number of rotatable bonds is 13. The quantitative estimate of drug-likeness (QED) is 0.257. The van der Waals surface area contributed by atoms with Crippen molar-refractivity contribution in [3.8, 4) is 0 Å². The van der Waals surface area contributed by atoms with Gasteiger partial charge in [0.25, 0.3) is 0 Å². The van der Waals surface area contributed by atoms with E-state index in [1.165, 1.54) is 29.3 Å². The Morgan fingerprint density at radius 1 is 1.11 bits per heavy atom. The molecule has 1 aromatic carbocycles. The van der Waals surface area contributed by atoms with Gasteiger partial charge in [-0.05, 0) is 68.6 Å². The normalized spacial score (nSPS) is 21.7. The van der Waals surface area contributed by atoms with Crippen molar-refractivity contribution in [2.45, 2.75) is 86.8 Å². The lowest BCUT2D eigenvalue weighted by Crippen LogP contribution is -2.47. The summed E-state index contributed by atoms with van der Waals surface area (Å²) in [6.45, 7) is 3.46. The third kappa shape index (κ3) is 6.63. The molecule has 12 heteroatoms. The molecule has 0 spiro atoms. The van der Waals surface area contributed by atoms with E-state index < -0.39 is 61.5 Å². The number of carbonyl (C=O) groups excluding carboxylic acids is 4. The summed E-state index contributed by atoms with van der Waals surface area (Å²) in [5.74, 6) is -3.62. The summed E-state index contributed by atoms with van der Waals surface area (Å²) >= 11 is 12.1. The molecule has 2 heterocycles. The number of hydrogen-bond donors (Lipinski definition) is 0. The Morgan fingerprint density at radius 3 is 2.39 bits per heavy atom. The van der Waals surface area contributed by atoms with Crippen LogP contribution in [0, 0.1) is 23.6 Å². The first-order valence-corrected chi connectivity index (χ1v) is 17.3. The molecule has 0 N–H and O–H groups in total. The fourth-order valence-electron chi connectivity index (χ4n) is 6.27. The lowest BCUT2D eigenvalue weighted by molar-refractivity contribution is -0.143. The number of likely N-dealkylation sites (tertiary alicyclic amines) is 1. The van der Waals surface area contributed by atoms with Gasteiger partial charge in [-0.3, -0.25) is 24.2 Å². The van der Waals surface area contributed by atoms with E-state index in [1.807, 2.05) is 13.8 Å². The Hall–Kier alpha value is -2.69. The van der Waals surface area contributed by atoms with Crippen molar-refractivity contribution in [2.24, 2.45) is 17.8 Å². The van der Waals surface area contributed by atoms with Crippen molar-refractivity contribution in [3.05, 3.63) is 58.1 Å². The number of Topliss-reactive ketones (excluding diaryl/α,β-unsaturated/α-hetero) is 3. The monoisotopic (exact) mass is 664 g/mol. The van der Waals surface area contributed by atoms with Gasteiger partial charge < -0.3 is 4.90 Å². The number of carbonyl (C=O) groups is 4. The smallest absolute Gasteiger partial charge is 0.235 e. The van der Waals surface area contributed by atoms with E-state index in [9.17, 15) is 27.6 Å². The molecule has 1 aromatic heterocycles. The second-order valence-electron chi connectivity index (χ2n) is 12.8. The molecule has 0 radical (unpaired) electrons. The van der Waals surface area contributed by atoms with Crippen molar-refractivity contribution in [1.82, 2.24) is 9.88 Å². The molecule has 3 fully saturated rings. The minimum atomic E-state index is -4.10. The third-order valence-corrected chi connectivity index (χ3v) is 11.8. The molecule has 44 heavy (non-hydrogen) atoms. The van der Waals surface area contributed by atoms with Crippen LogP contribution in [0.2, 0.25) is 10.0 Å². The summed E-state index contributed by atoms with van der Waals surface area (Å²) in [4.78, 5) is 59.3. The second kappa shape index (κ2) is 12.6. The summed E-state index contributed by atoms with van der Waals surface area (Å²) in [6.07, 6.45) is 3.51. The predicted octanol–water partition coefficient (Wildman–Crippen LogP) is 5.56. The van der Waals surface area contributed by atoms with E-state index in [0.717, 1.165) is 18.9 Å². The standard InChI is InChI=1S/C32H35Cl2FN2O6S/c1-18(2)11-20(29(40)27(39)12-19-7-8-19)13-26(38)25-15-22(44(42,43)28-6-4-3-5-23(28)34)17-37(25)31(41)32(9-10-32)30-24(35)14-21(33)16-36-30/h3-6,14,16,18-20,22,25H,7-13,15,17H2,1-2H3/t20-,22-,25+/m1/s1. The molecule has 3 aliphatic rings. The summed E-state index contributed by atoms with van der Waals surface area (Å²) in [5, 5.41) is -1.09. The van der Waals surface area contributed by atoms with E-state index in [2.05, 4.69) is 4.98 Å². The highest BCUT2D eigenvalue weighted by molar-refractivity contribution is 7.92. The molecule has 1 aliphatic heterocycles. The number of amides is 1. The number of sulfone groups is 1. The minimum absolute atomic E-state index is 0.00817. The zero-order valence-electron chi connectivity index (χ0n) is 24.6. The Labute approximate surface area is 266 Å². The Balaban J connectivity index is 1.46. The van der Waals surface area contributed by atoms with Crippen LogP contribution in [0.3, 0.4) is 0 Å². The maximum absolute atomic E-state index is 15.0. The van der Waals surface area contributed by atoms with Crippen LogP contribution in [-0.2, 0) is 34.4 Å². The molecule has 2 aromatic rings. The molecular formula is C32H35Cl2FN2O6S. The Morgan fingerprint density at radius 2 is 1.80 bits per heavy atom. The van der Waals surface area contributed by atoms with Gasteiger partial charge in [-0.2, -0.15) is 0 Å². The van der Waals surface area contributed by atoms with Crippen LogP contribution in [-0.4, -0.2) is 59.4 Å². The molecule has 8 nitrogen and oxygen atoms in total. The minimum Gasteiger partial charge on any atom is -0.330 e. The van der Waals surface area contributed by atoms with Gasteiger partial charge >= 0.3 is 0 Å². The van der Waals surface area contributed by atoms with Crippen molar-refractivity contribution in [1.29, 1.82) is 0 Å². The van der Waals surface area contributed by atoms with Gasteiger partial charge in [-0.15, -0.1) is 0 Å². The van der Waals surface area contributed by atoms with Crippen molar-refractivity contribution in [3.63, 3.8) is 0 Å². The van der Waals surface area contributed by atoms with Gasteiger partial charge in [0.2, 0.25) is 11.7 Å². The van der Waals surface area contributed by atoms with Crippen LogP contribution in [0.4, 0.5) is 4.39 Å². The highest BCUT2D eigenvalue weighted by Crippen LogP contribution is 2.51. The molecule has 1 amide bonds. The van der Waals surface area contributed by atoms with Gasteiger partial charge in [0.1, 0.15) is 5.82 Å². The van der Waals surface area contributed by atoms with Gasteiger partial charge in [0.05, 0.1) is 37.3 Å². The van der Waals surface area contributed by atoms with Crippen LogP contribution in [0.15, 0.2) is 41.4 Å². The van der Waals surface area contributed by atoms with Gasteiger partial charge in [0, 0.05) is 31.5 Å². The summed E-state index contributed by atoms with van der Waals surface area (Å²) in [6, 6.07) is 5.82. The van der Waals surface area contributed by atoms with Crippen molar-refractivity contribution in [2.75, 3.05) is 6.54 Å². The predicted molar refractivity (Wildman–Crippen MR) is 163 cm³/mol. The highest BCUT2D eigenvalue weighted by atomic mass is 35.5. The number of aromatic nitrogens is 1. The Bertz CT molecular complexity index is 1610. The fourth-order valence-corrected chi connectivity index (χ4v) is 8.63. The van der Waals surface area contributed by atoms with Crippen LogP contribution < -0.4 is 0 Å². The Kier molecular flexibility index (Phi) is 9.36. The second-order valence-corrected chi connectivity index (χ2v) is 15.8. The summed E-state index contributed by atoms with van der Waals surface area (Å²) in [5.41, 5.74) is -1.46. The molecule has 2 aliphatic carbocycles. The lowest BCUT2D eigenvalue weighted by atomic mass is 9.84. The maximum Gasteiger partial charge on any atom is 0.235 e. The molecule has 3 atom stereocenters. The number of ketones is 3. The first-order valence-electron chi connectivity index (χ1n) is 15.0. The van der Waals surface area contributed by atoms with Crippen LogP contribution in [0.5, 0.6) is 0 Å². The molecule has 1 saturated heterocycles. The zero-order valence-corrected chi connectivity index (χ0v) is 26.9. The maximum atomic E-state index is 15.0. The summed E-state index contributed by atoms with van der Waals surface area (Å²) < 4.78 is 42.6. The van der Waals surface area contributed by atoms with Crippen molar-refractivity contribution >= 4 is 56.3 Å². The molecule has 2 saturated carbocycles. The van der Waals surface area contributed by atoms with Crippen LogP contribution in [0.1, 0.15) is 70.9 Å². The molecule has 5 rings (SSSR count). The van der Waals surface area contributed by atoms with Crippen LogP contribution >= 0.6 is 23.2 Å². The number of halogens is 3. The lowest BCUT2D eigenvalue weighted by Gasteiger charge is -2.29. The van der Waals surface area contributed by atoms with E-state index in [1.54, 1.807) is 6.07 Å². The van der Waals surface area contributed by atoms with E-state index in [4.69, 9.17) is 23.2 Å². The van der Waals surface area contributed by atoms with E-state index in [-0.39, 0.29) is 71.1 Å². The average molecular weight is 666 g/mol. The highest BCUT2D eigenvalue weighted by Gasteiger charge is 2.59. The number of nitrogens with zero attached hydrogens (tertiary/aromatic N) is 2. The summed E-state index contributed by atoms with van der Waals surface area (Å²) in [7, 11) is -4.10. The molecular weight excluding hydrogens is 630 g/mol. The topological polar surface area (TPSA) is 119 Å². The zero-order chi connectivity index (χ0) is 32.0. The van der Waals surface area contributed by atoms with Crippen LogP contribution in [0.25, 0.3) is 0 Å². The fraction of sp³-hybridized carbons (Fsp3) is 0.531.